The quantitative estimate of drug-likeness (QED) is 0.172. The Kier molecular flexibility index (Phi) is 12.0. The topological polar surface area (TPSA) is 89.0 Å². The second kappa shape index (κ2) is 14.9. The van der Waals surface area contributed by atoms with E-state index in [4.69, 9.17) is 39.1 Å². The Morgan fingerprint density at radius 2 is 1.91 bits per heavy atom. The third-order valence-corrected chi connectivity index (χ3v) is 5.20. The molecule has 0 radical (unpaired) electrons. The molecule has 0 aliphatic rings. The van der Waals surface area contributed by atoms with Crippen molar-refractivity contribution in [2.45, 2.75) is 39.2 Å². The van der Waals surface area contributed by atoms with E-state index in [2.05, 4.69) is 21.8 Å². The van der Waals surface area contributed by atoms with Crippen molar-refractivity contribution in [2.75, 3.05) is 13.2 Å². The molecule has 0 saturated heterocycles. The lowest BCUT2D eigenvalue weighted by atomic mass is 10.0. The van der Waals surface area contributed by atoms with Crippen LogP contribution in [0.2, 0.25) is 10.0 Å². The molecule has 0 fully saturated rings. The molecule has 0 aliphatic carbocycles. The van der Waals surface area contributed by atoms with Crippen LogP contribution in [-0.4, -0.2) is 37.3 Å². The number of para-hydroxylation sites is 1. The first-order valence-corrected chi connectivity index (χ1v) is 11.9. The number of amides is 2. The molecule has 2 aromatic rings. The third-order valence-electron chi connectivity index (χ3n) is 4.67. The maximum absolute atomic E-state index is 12.7. The van der Waals surface area contributed by atoms with Crippen molar-refractivity contribution >= 4 is 41.2 Å². The van der Waals surface area contributed by atoms with Gasteiger partial charge in [0.15, 0.2) is 0 Å². The summed E-state index contributed by atoms with van der Waals surface area (Å²) in [6, 6.07) is 11.4. The summed E-state index contributed by atoms with van der Waals surface area (Å²) in [6.45, 7) is 4.36. The Hall–Kier alpha value is -3.21. The summed E-state index contributed by atoms with van der Waals surface area (Å²) in [6.07, 6.45) is 7.81. The van der Waals surface area contributed by atoms with Gasteiger partial charge < -0.3 is 14.8 Å². The minimum absolute atomic E-state index is 0.123. The first-order chi connectivity index (χ1) is 16.8. The number of hydrogen-bond donors (Lipinski definition) is 2. The highest BCUT2D eigenvalue weighted by Crippen LogP contribution is 2.27. The molecule has 2 amide bonds. The molecular formula is C26H29Cl2N3O4. The largest absolute Gasteiger partial charge is 0.492 e. The number of nitrogens with one attached hydrogen (secondary N) is 2. The van der Waals surface area contributed by atoms with Crippen molar-refractivity contribution in [3.8, 4) is 23.8 Å². The highest BCUT2D eigenvalue weighted by atomic mass is 35.5. The number of halogens is 2. The molecule has 186 valence electrons. The van der Waals surface area contributed by atoms with E-state index in [1.807, 2.05) is 26.0 Å². The van der Waals surface area contributed by atoms with Crippen molar-refractivity contribution < 1.29 is 19.1 Å². The molecule has 9 heteroatoms. The number of ether oxygens (including phenoxy) is 2. The molecule has 2 rings (SSSR count). The fourth-order valence-electron chi connectivity index (χ4n) is 3.06. The molecule has 2 N–H and O–H groups in total. The van der Waals surface area contributed by atoms with Gasteiger partial charge in [-0.1, -0.05) is 55.1 Å². The van der Waals surface area contributed by atoms with Crippen LogP contribution in [0.15, 0.2) is 47.6 Å². The third kappa shape index (κ3) is 10.3. The fourth-order valence-corrected chi connectivity index (χ4v) is 3.52. The van der Waals surface area contributed by atoms with Crippen molar-refractivity contribution in [3.63, 3.8) is 0 Å². The van der Waals surface area contributed by atoms with Crippen molar-refractivity contribution in [1.29, 1.82) is 0 Å². The van der Waals surface area contributed by atoms with Crippen LogP contribution < -0.4 is 20.2 Å². The van der Waals surface area contributed by atoms with Gasteiger partial charge in [-0.05, 0) is 49.1 Å². The van der Waals surface area contributed by atoms with E-state index in [-0.39, 0.29) is 24.9 Å². The van der Waals surface area contributed by atoms with E-state index in [1.54, 1.807) is 30.3 Å². The molecule has 1 atom stereocenters. The first-order valence-electron chi connectivity index (χ1n) is 11.2. The van der Waals surface area contributed by atoms with Gasteiger partial charge in [0, 0.05) is 17.0 Å². The van der Waals surface area contributed by atoms with Crippen molar-refractivity contribution in [2.24, 2.45) is 11.0 Å². The first kappa shape index (κ1) is 28.0. The summed E-state index contributed by atoms with van der Waals surface area (Å²) in [5, 5.41) is 7.72. The van der Waals surface area contributed by atoms with Crippen LogP contribution in [0.4, 0.5) is 0 Å². The van der Waals surface area contributed by atoms with Gasteiger partial charge in [-0.15, -0.1) is 6.42 Å². The van der Waals surface area contributed by atoms with E-state index in [9.17, 15) is 9.59 Å². The standard InChI is InChI=1S/C26H29Cl2N3O4/c1-4-13-34-23-9-6-5-8-19(23)17-29-31-26(33)22(15-18(2)3)30-25(32)10-7-14-35-24-12-11-20(27)16-21(24)28/h1,5-6,8-9,11-12,16-18,22H,7,10,13-15H2,2-3H3,(H,30,32)(H,31,33)/b29-17-/t22-/m0/s1. The predicted octanol–water partition coefficient (Wildman–Crippen LogP) is 4.85. The van der Waals surface area contributed by atoms with E-state index in [0.29, 0.717) is 46.6 Å². The number of carbonyl (C=O) groups excluding carboxylic acids is 2. The molecule has 35 heavy (non-hydrogen) atoms. The Morgan fingerprint density at radius 3 is 2.63 bits per heavy atom. The SMILES string of the molecule is C#CCOc1ccccc1/C=N\NC(=O)[C@H](CC(C)C)NC(=O)CCCOc1ccc(Cl)cc1Cl. The number of nitrogens with zero attached hydrogens (tertiary/aromatic N) is 1. The fraction of sp³-hybridized carbons (Fsp3) is 0.346. The van der Waals surface area contributed by atoms with Gasteiger partial charge in [-0.25, -0.2) is 5.43 Å². The van der Waals surface area contributed by atoms with Gasteiger partial charge >= 0.3 is 0 Å². The maximum atomic E-state index is 12.7. The van der Waals surface area contributed by atoms with Gasteiger partial charge in [0.05, 0.1) is 17.8 Å². The average molecular weight is 518 g/mol. The van der Waals surface area contributed by atoms with Crippen LogP contribution in [-0.2, 0) is 9.59 Å². The lowest BCUT2D eigenvalue weighted by molar-refractivity contribution is -0.129. The molecule has 7 nitrogen and oxygen atoms in total. The highest BCUT2D eigenvalue weighted by Gasteiger charge is 2.21. The molecular weight excluding hydrogens is 489 g/mol. The van der Waals surface area contributed by atoms with Crippen LogP contribution in [0.3, 0.4) is 0 Å². The molecule has 2 aromatic carbocycles. The predicted molar refractivity (Wildman–Crippen MR) is 139 cm³/mol. The number of rotatable bonds is 13. The molecule has 0 unspecified atom stereocenters. The molecule has 0 aliphatic heterocycles. The Morgan fingerprint density at radius 1 is 1.14 bits per heavy atom. The van der Waals surface area contributed by atoms with Gasteiger partial charge in [0.25, 0.3) is 5.91 Å². The normalized spacial score (nSPS) is 11.7. The molecule has 0 spiro atoms. The van der Waals surface area contributed by atoms with E-state index in [0.717, 1.165) is 0 Å². The summed E-state index contributed by atoms with van der Waals surface area (Å²) in [7, 11) is 0. The molecule has 0 bridgehead atoms. The number of hydrogen-bond acceptors (Lipinski definition) is 5. The Balaban J connectivity index is 1.86. The number of terminal acetylenes is 1. The summed E-state index contributed by atoms with van der Waals surface area (Å²) in [4.78, 5) is 25.1. The lowest BCUT2D eigenvalue weighted by Crippen LogP contribution is -2.46. The highest BCUT2D eigenvalue weighted by molar-refractivity contribution is 6.35. The zero-order valence-corrected chi connectivity index (χ0v) is 21.2. The summed E-state index contributed by atoms with van der Waals surface area (Å²) >= 11 is 11.9. The van der Waals surface area contributed by atoms with Crippen LogP contribution >= 0.6 is 23.2 Å². The van der Waals surface area contributed by atoms with Crippen LogP contribution in [0, 0.1) is 18.3 Å². The number of benzene rings is 2. The number of hydrazone groups is 1. The monoisotopic (exact) mass is 517 g/mol. The van der Waals surface area contributed by atoms with Crippen molar-refractivity contribution in [1.82, 2.24) is 10.7 Å². The Bertz CT molecular complexity index is 1070. The van der Waals surface area contributed by atoms with Crippen LogP contribution in [0.1, 0.15) is 38.7 Å². The smallest absolute Gasteiger partial charge is 0.262 e. The Labute approximate surface area is 216 Å². The minimum atomic E-state index is -0.723. The summed E-state index contributed by atoms with van der Waals surface area (Å²) < 4.78 is 11.1. The zero-order chi connectivity index (χ0) is 25.6. The minimum Gasteiger partial charge on any atom is -0.492 e. The van der Waals surface area contributed by atoms with E-state index in [1.165, 1.54) is 6.21 Å². The van der Waals surface area contributed by atoms with E-state index < -0.39 is 11.9 Å². The summed E-state index contributed by atoms with van der Waals surface area (Å²) in [5.41, 5.74) is 3.16. The van der Waals surface area contributed by atoms with Gasteiger partial charge in [-0.2, -0.15) is 5.10 Å². The van der Waals surface area contributed by atoms with Crippen LogP contribution in [0.5, 0.6) is 11.5 Å². The number of carbonyl (C=O) groups is 2. The second-order valence-electron chi connectivity index (χ2n) is 8.04. The van der Waals surface area contributed by atoms with Gasteiger partial charge in [-0.3, -0.25) is 9.59 Å². The summed E-state index contributed by atoms with van der Waals surface area (Å²) in [5.74, 6) is 2.98. The van der Waals surface area contributed by atoms with E-state index >= 15 is 0 Å². The maximum Gasteiger partial charge on any atom is 0.262 e. The average Bonchev–Trinajstić information content (AvgIpc) is 2.81. The molecule has 0 saturated carbocycles. The van der Waals surface area contributed by atoms with Crippen molar-refractivity contribution in [3.05, 3.63) is 58.1 Å². The van der Waals surface area contributed by atoms with Crippen LogP contribution in [0.25, 0.3) is 0 Å². The lowest BCUT2D eigenvalue weighted by Gasteiger charge is -2.19. The van der Waals surface area contributed by atoms with Gasteiger partial charge in [0.1, 0.15) is 24.1 Å². The van der Waals surface area contributed by atoms with Gasteiger partial charge in [0.2, 0.25) is 5.91 Å². The second-order valence-corrected chi connectivity index (χ2v) is 8.88. The molecule has 0 heterocycles. The zero-order valence-electron chi connectivity index (χ0n) is 19.7. The molecule has 0 aromatic heterocycles.